The first-order valence-electron chi connectivity index (χ1n) is 7.21. The van der Waals surface area contributed by atoms with E-state index >= 15 is 0 Å². The van der Waals surface area contributed by atoms with Crippen LogP contribution in [0.3, 0.4) is 0 Å². The Morgan fingerprint density at radius 1 is 1.43 bits per heavy atom. The summed E-state index contributed by atoms with van der Waals surface area (Å²) in [7, 11) is 1.65. The highest BCUT2D eigenvalue weighted by Gasteiger charge is 2.47. The Kier molecular flexibility index (Phi) is 4.08. The fourth-order valence-electron chi connectivity index (χ4n) is 3.42. The second-order valence-corrected chi connectivity index (χ2v) is 5.93. The van der Waals surface area contributed by atoms with Gasteiger partial charge in [-0.05, 0) is 36.5 Å². The third kappa shape index (κ3) is 2.50. The largest absolute Gasteiger partial charge is 0.496 e. The highest BCUT2D eigenvalue weighted by atomic mass is 35.5. The summed E-state index contributed by atoms with van der Waals surface area (Å²) in [4.78, 5) is 0. The average molecular weight is 308 g/mol. The Hall–Kier alpha value is -1.28. The average Bonchev–Trinajstić information content (AvgIpc) is 2.95. The molecular formula is C16H18ClNO3. The minimum Gasteiger partial charge on any atom is -0.496 e. The number of halogens is 1. The Morgan fingerprint density at radius 2 is 2.19 bits per heavy atom. The molecule has 21 heavy (non-hydrogen) atoms. The Balaban J connectivity index is 2.06. The minimum atomic E-state index is -0.760. The van der Waals surface area contributed by atoms with Gasteiger partial charge in [-0.1, -0.05) is 11.6 Å². The molecule has 1 unspecified atom stereocenters. The number of nitrogens with zero attached hydrogens (tertiary/aromatic N) is 1. The van der Waals surface area contributed by atoms with Crippen LogP contribution >= 0.6 is 11.6 Å². The first-order valence-corrected chi connectivity index (χ1v) is 7.58. The molecule has 1 fully saturated rings. The molecule has 1 aliphatic carbocycles. The summed E-state index contributed by atoms with van der Waals surface area (Å²) >= 11 is 6.40. The van der Waals surface area contributed by atoms with Crippen molar-refractivity contribution >= 4 is 11.6 Å². The van der Waals surface area contributed by atoms with E-state index in [2.05, 4.69) is 6.07 Å². The molecule has 1 spiro atoms. The van der Waals surface area contributed by atoms with Crippen molar-refractivity contribution in [1.29, 1.82) is 5.26 Å². The van der Waals surface area contributed by atoms with Crippen LogP contribution in [0.4, 0.5) is 0 Å². The van der Waals surface area contributed by atoms with Gasteiger partial charge in [0.1, 0.15) is 5.75 Å². The van der Waals surface area contributed by atoms with Gasteiger partial charge in [0.15, 0.2) is 5.79 Å². The first-order chi connectivity index (χ1) is 10.2. The Labute approximate surface area is 129 Å². The number of nitriles is 1. The molecule has 0 bridgehead atoms. The van der Waals surface area contributed by atoms with Crippen molar-refractivity contribution in [3.05, 3.63) is 28.3 Å². The van der Waals surface area contributed by atoms with E-state index in [1.54, 1.807) is 7.11 Å². The molecule has 0 N–H and O–H groups in total. The van der Waals surface area contributed by atoms with Crippen molar-refractivity contribution in [3.8, 4) is 11.8 Å². The molecule has 0 amide bonds. The lowest BCUT2D eigenvalue weighted by Gasteiger charge is -2.39. The van der Waals surface area contributed by atoms with E-state index in [1.165, 1.54) is 0 Å². The zero-order valence-electron chi connectivity index (χ0n) is 12.0. The molecular weight excluding hydrogens is 290 g/mol. The van der Waals surface area contributed by atoms with E-state index in [4.69, 9.17) is 31.1 Å². The van der Waals surface area contributed by atoms with Crippen LogP contribution in [0.15, 0.2) is 12.1 Å². The fourth-order valence-corrected chi connectivity index (χ4v) is 3.66. The quantitative estimate of drug-likeness (QED) is 0.858. The lowest BCUT2D eigenvalue weighted by molar-refractivity contribution is -0.185. The van der Waals surface area contributed by atoms with E-state index in [9.17, 15) is 0 Å². The molecule has 2 aliphatic rings. The first kappa shape index (κ1) is 14.6. The predicted molar refractivity (Wildman–Crippen MR) is 78.2 cm³/mol. The second-order valence-electron chi connectivity index (χ2n) is 5.52. The molecule has 5 heteroatoms. The zero-order chi connectivity index (χ0) is 14.9. The van der Waals surface area contributed by atoms with Crippen LogP contribution < -0.4 is 4.74 Å². The maximum Gasteiger partial charge on any atom is 0.199 e. The van der Waals surface area contributed by atoms with E-state index in [-0.39, 0.29) is 0 Å². The Morgan fingerprint density at radius 3 is 2.86 bits per heavy atom. The van der Waals surface area contributed by atoms with Crippen LogP contribution in [-0.2, 0) is 21.7 Å². The van der Waals surface area contributed by atoms with Gasteiger partial charge >= 0.3 is 0 Å². The molecule has 1 aliphatic heterocycles. The summed E-state index contributed by atoms with van der Waals surface area (Å²) < 4.78 is 17.4. The van der Waals surface area contributed by atoms with Gasteiger partial charge < -0.3 is 14.2 Å². The third-order valence-electron chi connectivity index (χ3n) is 4.29. The van der Waals surface area contributed by atoms with Crippen LogP contribution in [0, 0.1) is 17.2 Å². The number of hydrogen-bond donors (Lipinski definition) is 0. The molecule has 0 radical (unpaired) electrons. The van der Waals surface area contributed by atoms with Crippen molar-refractivity contribution in [2.75, 3.05) is 20.3 Å². The summed E-state index contributed by atoms with van der Waals surface area (Å²) in [5.41, 5.74) is 1.97. The number of benzene rings is 1. The van der Waals surface area contributed by atoms with Gasteiger partial charge in [-0.2, -0.15) is 5.26 Å². The molecule has 1 heterocycles. The summed E-state index contributed by atoms with van der Waals surface area (Å²) in [6.45, 7) is 1.14. The van der Waals surface area contributed by atoms with Crippen LogP contribution in [0.1, 0.15) is 30.4 Å². The third-order valence-corrected chi connectivity index (χ3v) is 4.64. The van der Waals surface area contributed by atoms with Crippen molar-refractivity contribution in [2.24, 2.45) is 5.92 Å². The van der Waals surface area contributed by atoms with Crippen molar-refractivity contribution in [1.82, 2.24) is 0 Å². The summed E-state index contributed by atoms with van der Waals surface area (Å²) in [5, 5.41) is 9.54. The molecule has 0 saturated carbocycles. The number of hydrogen-bond acceptors (Lipinski definition) is 4. The smallest absolute Gasteiger partial charge is 0.199 e. The molecule has 3 rings (SSSR count). The minimum absolute atomic E-state index is 0.333. The van der Waals surface area contributed by atoms with Crippen LogP contribution in [0.25, 0.3) is 0 Å². The van der Waals surface area contributed by atoms with Crippen molar-refractivity contribution in [2.45, 2.75) is 31.5 Å². The Bertz CT molecular complexity index is 576. The fraction of sp³-hybridized carbons (Fsp3) is 0.562. The standard InChI is InChI=1S/C16H18ClNO3/c1-19-14-5-4-13(17)12-9-11(3-2-6-18)10-16(15(12)14)20-7-8-21-16/h4-5,11H,2-3,7-10H2,1H3. The highest BCUT2D eigenvalue weighted by Crippen LogP contribution is 2.50. The van der Waals surface area contributed by atoms with Gasteiger partial charge in [0.05, 0.1) is 32.0 Å². The normalized spacial score (nSPS) is 22.8. The van der Waals surface area contributed by atoms with E-state index < -0.39 is 5.79 Å². The van der Waals surface area contributed by atoms with Crippen LogP contribution in [0.2, 0.25) is 5.02 Å². The lowest BCUT2D eigenvalue weighted by atomic mass is 9.77. The number of methoxy groups -OCH3 is 1. The van der Waals surface area contributed by atoms with Crippen molar-refractivity contribution in [3.63, 3.8) is 0 Å². The number of ether oxygens (including phenoxy) is 3. The van der Waals surface area contributed by atoms with E-state index in [0.29, 0.717) is 30.6 Å². The molecule has 112 valence electrons. The molecule has 0 aromatic heterocycles. The predicted octanol–water partition coefficient (Wildman–Crippen LogP) is 3.41. The van der Waals surface area contributed by atoms with Gasteiger partial charge in [0.2, 0.25) is 0 Å². The van der Waals surface area contributed by atoms with Gasteiger partial charge in [0.25, 0.3) is 0 Å². The molecule has 1 aromatic carbocycles. The number of rotatable bonds is 3. The van der Waals surface area contributed by atoms with E-state index in [0.717, 1.165) is 36.1 Å². The maximum atomic E-state index is 8.83. The van der Waals surface area contributed by atoms with Crippen LogP contribution in [0.5, 0.6) is 5.75 Å². The zero-order valence-corrected chi connectivity index (χ0v) is 12.8. The maximum absolute atomic E-state index is 8.83. The second kappa shape index (κ2) is 5.84. The summed E-state index contributed by atoms with van der Waals surface area (Å²) in [6, 6.07) is 5.94. The number of fused-ring (bicyclic) bond motifs is 2. The summed E-state index contributed by atoms with van der Waals surface area (Å²) in [6.07, 6.45) is 2.95. The molecule has 1 saturated heterocycles. The SMILES string of the molecule is COc1ccc(Cl)c2c1C1(CC(CCC#N)C2)OCCO1. The monoisotopic (exact) mass is 307 g/mol. The lowest BCUT2D eigenvalue weighted by Crippen LogP contribution is -2.36. The van der Waals surface area contributed by atoms with Crippen molar-refractivity contribution < 1.29 is 14.2 Å². The molecule has 4 nitrogen and oxygen atoms in total. The van der Waals surface area contributed by atoms with E-state index in [1.807, 2.05) is 12.1 Å². The van der Waals surface area contributed by atoms with Gasteiger partial charge in [-0.15, -0.1) is 0 Å². The highest BCUT2D eigenvalue weighted by molar-refractivity contribution is 6.31. The molecule has 1 atom stereocenters. The topological polar surface area (TPSA) is 51.5 Å². The molecule has 1 aromatic rings. The van der Waals surface area contributed by atoms with Gasteiger partial charge in [-0.3, -0.25) is 0 Å². The van der Waals surface area contributed by atoms with Gasteiger partial charge in [-0.25, -0.2) is 0 Å². The van der Waals surface area contributed by atoms with Crippen LogP contribution in [-0.4, -0.2) is 20.3 Å². The van der Waals surface area contributed by atoms with Gasteiger partial charge in [0, 0.05) is 17.9 Å². The summed E-state index contributed by atoms with van der Waals surface area (Å²) in [5.74, 6) is 0.333.